The largest absolute Gasteiger partial charge is 0.384 e. The second-order valence-electron chi connectivity index (χ2n) is 3.73. The quantitative estimate of drug-likeness (QED) is 0.761. The van der Waals surface area contributed by atoms with Crippen molar-refractivity contribution in [1.29, 1.82) is 0 Å². The number of amides is 1. The van der Waals surface area contributed by atoms with E-state index >= 15 is 0 Å². The van der Waals surface area contributed by atoms with Crippen LogP contribution in [0.15, 0.2) is 18.2 Å². The molecule has 0 atom stereocenters. The van der Waals surface area contributed by atoms with E-state index in [0.29, 0.717) is 37.8 Å². The van der Waals surface area contributed by atoms with Crippen molar-refractivity contribution in [1.82, 2.24) is 9.88 Å². The molecule has 18 heavy (non-hydrogen) atoms. The Kier molecular flexibility index (Phi) is 6.10. The number of hydrogen-bond donors (Lipinski definition) is 1. The molecule has 6 heteroatoms. The molecular formula is C12H19N3O3. The van der Waals surface area contributed by atoms with Crippen LogP contribution in [0.4, 0.5) is 5.82 Å². The lowest BCUT2D eigenvalue weighted by Gasteiger charge is -2.21. The first-order valence-corrected chi connectivity index (χ1v) is 5.68. The van der Waals surface area contributed by atoms with Gasteiger partial charge >= 0.3 is 0 Å². The van der Waals surface area contributed by atoms with Crippen LogP contribution in [0.25, 0.3) is 0 Å². The monoisotopic (exact) mass is 253 g/mol. The van der Waals surface area contributed by atoms with Crippen molar-refractivity contribution in [2.45, 2.75) is 0 Å². The Labute approximate surface area is 107 Å². The average Bonchev–Trinajstić information content (AvgIpc) is 2.38. The maximum absolute atomic E-state index is 12.2. The Balaban J connectivity index is 2.73. The summed E-state index contributed by atoms with van der Waals surface area (Å²) in [7, 11) is 3.19. The van der Waals surface area contributed by atoms with Crippen LogP contribution in [-0.4, -0.2) is 56.3 Å². The molecule has 2 N–H and O–H groups in total. The molecule has 6 nitrogen and oxygen atoms in total. The number of carbonyl (C=O) groups is 1. The first-order chi connectivity index (χ1) is 8.69. The van der Waals surface area contributed by atoms with Gasteiger partial charge in [-0.1, -0.05) is 6.07 Å². The topological polar surface area (TPSA) is 77.7 Å². The van der Waals surface area contributed by atoms with Gasteiger partial charge in [-0.3, -0.25) is 4.79 Å². The number of ether oxygens (including phenoxy) is 2. The van der Waals surface area contributed by atoms with Crippen molar-refractivity contribution in [2.24, 2.45) is 0 Å². The molecule has 0 spiro atoms. The number of hydrogen-bond acceptors (Lipinski definition) is 5. The van der Waals surface area contributed by atoms with Gasteiger partial charge in [0.05, 0.1) is 13.2 Å². The van der Waals surface area contributed by atoms with Gasteiger partial charge in [-0.2, -0.15) is 0 Å². The van der Waals surface area contributed by atoms with E-state index in [1.165, 1.54) is 0 Å². The van der Waals surface area contributed by atoms with E-state index in [1.807, 2.05) is 0 Å². The maximum Gasteiger partial charge on any atom is 0.272 e. The summed E-state index contributed by atoms with van der Waals surface area (Å²) in [5.41, 5.74) is 5.90. The molecule has 0 saturated heterocycles. The lowest BCUT2D eigenvalue weighted by atomic mass is 10.3. The van der Waals surface area contributed by atoms with Crippen molar-refractivity contribution >= 4 is 11.7 Å². The van der Waals surface area contributed by atoms with Gasteiger partial charge in [-0.15, -0.1) is 0 Å². The van der Waals surface area contributed by atoms with Crippen molar-refractivity contribution in [3.05, 3.63) is 23.9 Å². The Morgan fingerprint density at radius 3 is 2.39 bits per heavy atom. The summed E-state index contributed by atoms with van der Waals surface area (Å²) in [5, 5.41) is 0. The minimum atomic E-state index is -0.170. The van der Waals surface area contributed by atoms with Crippen molar-refractivity contribution in [3.63, 3.8) is 0 Å². The van der Waals surface area contributed by atoms with Gasteiger partial charge < -0.3 is 20.1 Å². The van der Waals surface area contributed by atoms with Gasteiger partial charge in [0.2, 0.25) is 0 Å². The number of anilines is 1. The number of nitrogens with two attached hydrogens (primary N) is 1. The molecule has 0 aromatic carbocycles. The second-order valence-corrected chi connectivity index (χ2v) is 3.73. The van der Waals surface area contributed by atoms with Crippen LogP contribution in [-0.2, 0) is 9.47 Å². The van der Waals surface area contributed by atoms with E-state index in [-0.39, 0.29) is 5.91 Å². The Bertz CT molecular complexity index is 377. The van der Waals surface area contributed by atoms with Crippen LogP contribution in [0.2, 0.25) is 0 Å². The fraction of sp³-hybridized carbons (Fsp3) is 0.500. The summed E-state index contributed by atoms with van der Waals surface area (Å²) in [6.45, 7) is 1.93. The average molecular weight is 253 g/mol. The fourth-order valence-electron chi connectivity index (χ4n) is 1.45. The smallest absolute Gasteiger partial charge is 0.272 e. The molecule has 1 aromatic rings. The first-order valence-electron chi connectivity index (χ1n) is 5.68. The van der Waals surface area contributed by atoms with Crippen LogP contribution in [0.1, 0.15) is 10.5 Å². The van der Waals surface area contributed by atoms with Gasteiger partial charge in [0.15, 0.2) is 0 Å². The summed E-state index contributed by atoms with van der Waals surface area (Å²) >= 11 is 0. The summed E-state index contributed by atoms with van der Waals surface area (Å²) < 4.78 is 9.96. The third kappa shape index (κ3) is 4.31. The second kappa shape index (κ2) is 7.62. The van der Waals surface area contributed by atoms with E-state index in [2.05, 4.69) is 4.98 Å². The van der Waals surface area contributed by atoms with E-state index in [4.69, 9.17) is 15.2 Å². The summed E-state index contributed by atoms with van der Waals surface area (Å²) in [5.74, 6) is 0.163. The molecule has 1 aromatic heterocycles. The number of carbonyl (C=O) groups excluding carboxylic acids is 1. The molecule has 1 heterocycles. The predicted molar refractivity (Wildman–Crippen MR) is 68.3 cm³/mol. The van der Waals surface area contributed by atoms with Crippen LogP contribution >= 0.6 is 0 Å². The van der Waals surface area contributed by atoms with E-state index in [0.717, 1.165) is 0 Å². The Morgan fingerprint density at radius 2 is 1.89 bits per heavy atom. The molecule has 0 aliphatic heterocycles. The zero-order valence-corrected chi connectivity index (χ0v) is 10.8. The highest BCUT2D eigenvalue weighted by molar-refractivity contribution is 5.92. The molecular weight excluding hydrogens is 234 g/mol. The van der Waals surface area contributed by atoms with Crippen LogP contribution in [0, 0.1) is 0 Å². The van der Waals surface area contributed by atoms with Gasteiger partial charge in [0.1, 0.15) is 11.5 Å². The Hall–Kier alpha value is -1.66. The Morgan fingerprint density at radius 1 is 1.28 bits per heavy atom. The summed E-state index contributed by atoms with van der Waals surface area (Å²) in [6, 6.07) is 5.00. The minimum absolute atomic E-state index is 0.170. The maximum atomic E-state index is 12.2. The highest BCUT2D eigenvalue weighted by Gasteiger charge is 2.16. The molecule has 100 valence electrons. The molecule has 0 aliphatic carbocycles. The molecule has 0 aliphatic rings. The predicted octanol–water partition coefficient (Wildman–Crippen LogP) is 0.399. The van der Waals surface area contributed by atoms with Crippen LogP contribution < -0.4 is 5.73 Å². The van der Waals surface area contributed by atoms with Crippen molar-refractivity contribution in [3.8, 4) is 0 Å². The third-order valence-electron chi connectivity index (χ3n) is 2.41. The fourth-order valence-corrected chi connectivity index (χ4v) is 1.45. The van der Waals surface area contributed by atoms with E-state index < -0.39 is 0 Å². The SMILES string of the molecule is COCCN(CCOC)C(=O)c1cccc(N)n1. The highest BCUT2D eigenvalue weighted by Crippen LogP contribution is 2.05. The highest BCUT2D eigenvalue weighted by atomic mass is 16.5. The number of aromatic nitrogens is 1. The van der Waals surface area contributed by atoms with Gasteiger partial charge in [-0.05, 0) is 12.1 Å². The standard InChI is InChI=1S/C12H19N3O3/c1-17-8-6-15(7-9-18-2)12(16)10-4-3-5-11(13)14-10/h3-5H,6-9H2,1-2H3,(H2,13,14). The molecule has 0 unspecified atom stereocenters. The number of nitrogens with zero attached hydrogens (tertiary/aromatic N) is 2. The lowest BCUT2D eigenvalue weighted by molar-refractivity contribution is 0.0622. The molecule has 0 fully saturated rings. The summed E-state index contributed by atoms with van der Waals surface area (Å²) in [6.07, 6.45) is 0. The zero-order valence-electron chi connectivity index (χ0n) is 10.8. The van der Waals surface area contributed by atoms with E-state index in [9.17, 15) is 4.79 Å². The van der Waals surface area contributed by atoms with Gasteiger partial charge in [0, 0.05) is 27.3 Å². The number of methoxy groups -OCH3 is 2. The lowest BCUT2D eigenvalue weighted by Crippen LogP contribution is -2.37. The van der Waals surface area contributed by atoms with Crippen molar-refractivity contribution < 1.29 is 14.3 Å². The number of nitrogen functional groups attached to an aromatic ring is 1. The normalized spacial score (nSPS) is 10.3. The number of pyridine rings is 1. The van der Waals surface area contributed by atoms with Gasteiger partial charge in [0.25, 0.3) is 5.91 Å². The summed E-state index contributed by atoms with van der Waals surface area (Å²) in [4.78, 5) is 17.9. The molecule has 0 saturated carbocycles. The van der Waals surface area contributed by atoms with Crippen LogP contribution in [0.5, 0.6) is 0 Å². The molecule has 1 rings (SSSR count). The van der Waals surface area contributed by atoms with Gasteiger partial charge in [-0.25, -0.2) is 4.98 Å². The minimum Gasteiger partial charge on any atom is -0.384 e. The molecule has 0 bridgehead atoms. The number of rotatable bonds is 7. The molecule has 1 amide bonds. The third-order valence-corrected chi connectivity index (χ3v) is 2.41. The van der Waals surface area contributed by atoms with E-state index in [1.54, 1.807) is 37.3 Å². The van der Waals surface area contributed by atoms with Crippen molar-refractivity contribution in [2.75, 3.05) is 46.3 Å². The van der Waals surface area contributed by atoms with Crippen LogP contribution in [0.3, 0.4) is 0 Å². The molecule has 0 radical (unpaired) electrons. The zero-order chi connectivity index (χ0) is 13.4. The first kappa shape index (κ1) is 14.4.